The Balaban J connectivity index is 1.01. The average Bonchev–Trinajstić information content (AvgIpc) is 3.08. The Bertz CT molecular complexity index is 256. The highest BCUT2D eigenvalue weighted by molar-refractivity contribution is 4.91. The van der Waals surface area contributed by atoms with E-state index in [1.807, 2.05) is 0 Å². The largest absolute Gasteiger partial charge is 0.350 e. The lowest BCUT2D eigenvalue weighted by molar-refractivity contribution is -0.208. The lowest BCUT2D eigenvalue weighted by atomic mass is 10.3. The van der Waals surface area contributed by atoms with Gasteiger partial charge in [-0.15, -0.1) is 0 Å². The molecule has 0 spiro atoms. The average molecular weight is 230 g/mol. The number of hydrogen-bond donors (Lipinski definition) is 0. The molecule has 4 aliphatic rings. The minimum Gasteiger partial charge on any atom is -0.350 e. The van der Waals surface area contributed by atoms with Crippen LogP contribution in [-0.2, 0) is 28.4 Å². The molecule has 6 heteroatoms. The maximum atomic E-state index is 5.45. The predicted octanol–water partition coefficient (Wildman–Crippen LogP) is -0.0378. The summed E-state index contributed by atoms with van der Waals surface area (Å²) in [7, 11) is 0. The molecule has 0 aromatic carbocycles. The smallest absolute Gasteiger partial charge is 0.192 e. The molecule has 6 unspecified atom stereocenters. The van der Waals surface area contributed by atoms with E-state index in [1.165, 1.54) is 0 Å². The molecule has 4 rings (SSSR count). The van der Waals surface area contributed by atoms with Crippen LogP contribution in [0.25, 0.3) is 0 Å². The van der Waals surface area contributed by atoms with Crippen LogP contribution >= 0.6 is 0 Å². The van der Waals surface area contributed by atoms with Gasteiger partial charge in [0.2, 0.25) is 0 Å². The van der Waals surface area contributed by atoms with Gasteiger partial charge in [-0.1, -0.05) is 0 Å². The molecule has 16 heavy (non-hydrogen) atoms. The van der Waals surface area contributed by atoms with Crippen LogP contribution in [0.15, 0.2) is 0 Å². The molecule has 4 saturated heterocycles. The highest BCUT2D eigenvalue weighted by Gasteiger charge is 2.60. The van der Waals surface area contributed by atoms with Crippen LogP contribution in [0.5, 0.6) is 0 Å². The number of ether oxygens (including phenoxy) is 6. The van der Waals surface area contributed by atoms with Crippen molar-refractivity contribution in [1.29, 1.82) is 0 Å². The van der Waals surface area contributed by atoms with Crippen molar-refractivity contribution >= 4 is 0 Å². The van der Waals surface area contributed by atoms with Gasteiger partial charge in [0.1, 0.15) is 0 Å². The Kier molecular flexibility index (Phi) is 2.21. The summed E-state index contributed by atoms with van der Waals surface area (Å²) in [6, 6.07) is 0. The van der Waals surface area contributed by atoms with Gasteiger partial charge in [-0.2, -0.15) is 0 Å². The van der Waals surface area contributed by atoms with Gasteiger partial charge in [0, 0.05) is 13.2 Å². The van der Waals surface area contributed by atoms with Crippen molar-refractivity contribution in [2.75, 3.05) is 13.2 Å². The fourth-order valence-electron chi connectivity index (χ4n) is 1.93. The SMILES string of the molecule is C(CCOC1OC2OC12)COC1OC2OC12. The Morgan fingerprint density at radius 1 is 0.688 bits per heavy atom. The van der Waals surface area contributed by atoms with Gasteiger partial charge in [-0.05, 0) is 12.8 Å². The van der Waals surface area contributed by atoms with E-state index < -0.39 is 0 Å². The van der Waals surface area contributed by atoms with Crippen molar-refractivity contribution in [3.05, 3.63) is 0 Å². The van der Waals surface area contributed by atoms with E-state index in [4.69, 9.17) is 28.4 Å². The molecule has 6 atom stereocenters. The second-order valence-corrected chi connectivity index (χ2v) is 4.40. The molecule has 0 amide bonds. The van der Waals surface area contributed by atoms with Crippen LogP contribution in [0, 0.1) is 0 Å². The van der Waals surface area contributed by atoms with E-state index in [0.717, 1.165) is 12.8 Å². The lowest BCUT2D eigenvalue weighted by Gasteiger charge is -2.22. The summed E-state index contributed by atoms with van der Waals surface area (Å²) >= 11 is 0. The van der Waals surface area contributed by atoms with Crippen LogP contribution in [0.1, 0.15) is 12.8 Å². The molecule has 90 valence electrons. The van der Waals surface area contributed by atoms with Crippen LogP contribution in [0.4, 0.5) is 0 Å². The molecule has 0 aromatic rings. The van der Waals surface area contributed by atoms with Gasteiger partial charge in [0.05, 0.1) is 0 Å². The summed E-state index contributed by atoms with van der Waals surface area (Å²) in [6.07, 6.45) is 2.17. The first-order chi connectivity index (χ1) is 7.92. The molecule has 0 saturated carbocycles. The number of hydrogen-bond acceptors (Lipinski definition) is 6. The summed E-state index contributed by atoms with van der Waals surface area (Å²) in [6.45, 7) is 1.38. The molecule has 0 N–H and O–H groups in total. The zero-order valence-electron chi connectivity index (χ0n) is 8.74. The molecular formula is C10H14O6. The van der Waals surface area contributed by atoms with E-state index in [2.05, 4.69) is 0 Å². The second kappa shape index (κ2) is 3.63. The van der Waals surface area contributed by atoms with E-state index >= 15 is 0 Å². The van der Waals surface area contributed by atoms with Crippen LogP contribution in [0.3, 0.4) is 0 Å². The Morgan fingerprint density at radius 2 is 1.19 bits per heavy atom. The first-order valence-corrected chi connectivity index (χ1v) is 5.77. The Hall–Kier alpha value is -0.240. The van der Waals surface area contributed by atoms with Gasteiger partial charge in [0.25, 0.3) is 0 Å². The molecule has 4 aliphatic heterocycles. The maximum absolute atomic E-state index is 5.45. The summed E-state index contributed by atoms with van der Waals surface area (Å²) in [5, 5.41) is 0. The first-order valence-electron chi connectivity index (χ1n) is 5.77. The fraction of sp³-hybridized carbons (Fsp3) is 1.00. The maximum Gasteiger partial charge on any atom is 0.192 e. The first kappa shape index (κ1) is 9.76. The van der Waals surface area contributed by atoms with Crippen molar-refractivity contribution in [3.8, 4) is 0 Å². The molecule has 4 fully saturated rings. The highest BCUT2D eigenvalue weighted by Crippen LogP contribution is 2.41. The van der Waals surface area contributed by atoms with Crippen molar-refractivity contribution in [1.82, 2.24) is 0 Å². The quantitative estimate of drug-likeness (QED) is 0.452. The lowest BCUT2D eigenvalue weighted by Crippen LogP contribution is -2.36. The van der Waals surface area contributed by atoms with E-state index in [9.17, 15) is 0 Å². The zero-order valence-corrected chi connectivity index (χ0v) is 8.74. The zero-order chi connectivity index (χ0) is 10.5. The third-order valence-corrected chi connectivity index (χ3v) is 3.14. The second-order valence-electron chi connectivity index (χ2n) is 4.40. The van der Waals surface area contributed by atoms with Crippen molar-refractivity contribution in [2.24, 2.45) is 0 Å². The van der Waals surface area contributed by atoms with Gasteiger partial charge in [0.15, 0.2) is 37.4 Å². The third-order valence-electron chi connectivity index (χ3n) is 3.14. The summed E-state index contributed by atoms with van der Waals surface area (Å²) < 4.78 is 31.5. The number of fused-ring (bicyclic) bond motifs is 2. The molecule has 0 aromatic heterocycles. The monoisotopic (exact) mass is 230 g/mol. The molecule has 6 nitrogen and oxygen atoms in total. The Labute approximate surface area is 92.7 Å². The van der Waals surface area contributed by atoms with Crippen LogP contribution in [-0.4, -0.2) is 50.6 Å². The normalized spacial score (nSPS) is 51.0. The Morgan fingerprint density at radius 3 is 1.50 bits per heavy atom. The number of unbranched alkanes of at least 4 members (excludes halogenated alkanes) is 1. The van der Waals surface area contributed by atoms with Crippen LogP contribution in [0.2, 0.25) is 0 Å². The van der Waals surface area contributed by atoms with Crippen molar-refractivity contribution in [3.63, 3.8) is 0 Å². The molecule has 0 radical (unpaired) electrons. The summed E-state index contributed by atoms with van der Waals surface area (Å²) in [4.78, 5) is 0. The molecule has 0 aliphatic carbocycles. The van der Waals surface area contributed by atoms with E-state index in [0.29, 0.717) is 13.2 Å². The van der Waals surface area contributed by atoms with E-state index in [-0.39, 0.29) is 37.4 Å². The number of epoxide rings is 2. The van der Waals surface area contributed by atoms with E-state index in [1.54, 1.807) is 0 Å². The topological polar surface area (TPSA) is 62.0 Å². The third kappa shape index (κ3) is 1.66. The van der Waals surface area contributed by atoms with Gasteiger partial charge in [-0.3, -0.25) is 0 Å². The summed E-state index contributed by atoms with van der Waals surface area (Å²) in [5.74, 6) is 0. The molecular weight excluding hydrogens is 216 g/mol. The molecule has 4 heterocycles. The predicted molar refractivity (Wildman–Crippen MR) is 48.2 cm³/mol. The molecule has 0 bridgehead atoms. The van der Waals surface area contributed by atoms with Gasteiger partial charge < -0.3 is 28.4 Å². The van der Waals surface area contributed by atoms with Crippen molar-refractivity contribution < 1.29 is 28.4 Å². The fourth-order valence-corrected chi connectivity index (χ4v) is 1.93. The summed E-state index contributed by atoms with van der Waals surface area (Å²) in [5.41, 5.74) is 0. The standard InChI is InChI=1S/C10H14O6/c1(3-11-7-5-9(13-5)15-7)2-4-12-8-6-10(14-6)16-8/h5-10H,1-4H2. The minimum atomic E-state index is -0.124. The van der Waals surface area contributed by atoms with Crippen molar-refractivity contribution in [2.45, 2.75) is 50.2 Å². The van der Waals surface area contributed by atoms with Crippen LogP contribution < -0.4 is 0 Å². The number of rotatable bonds is 7. The van der Waals surface area contributed by atoms with Gasteiger partial charge in [-0.25, -0.2) is 0 Å². The highest BCUT2D eigenvalue weighted by atomic mass is 16.9. The van der Waals surface area contributed by atoms with Gasteiger partial charge >= 0.3 is 0 Å². The minimum absolute atomic E-state index is 0.0376.